The van der Waals surface area contributed by atoms with Crippen molar-refractivity contribution in [2.24, 2.45) is 11.7 Å². The van der Waals surface area contributed by atoms with E-state index in [-0.39, 0.29) is 18.0 Å². The second-order valence-electron chi connectivity index (χ2n) is 4.39. The molecule has 0 aliphatic rings. The molecule has 0 aromatic rings. The summed E-state index contributed by atoms with van der Waals surface area (Å²) in [5.74, 6) is 0.437. The number of nitrogens with two attached hydrogens (primary N) is 1. The molecule has 0 saturated heterocycles. The van der Waals surface area contributed by atoms with Crippen LogP contribution in [0.1, 0.15) is 33.6 Å². The van der Waals surface area contributed by atoms with Crippen LogP contribution in [0.4, 0.5) is 0 Å². The monoisotopic (exact) mass is 216 g/mol. The highest BCUT2D eigenvalue weighted by Crippen LogP contribution is 2.03. The first-order valence-electron chi connectivity index (χ1n) is 5.51. The van der Waals surface area contributed by atoms with Gasteiger partial charge in [0.25, 0.3) is 0 Å². The highest BCUT2D eigenvalue weighted by molar-refractivity contribution is 5.76. The number of amides is 1. The molecule has 0 aromatic heterocycles. The minimum absolute atomic E-state index is 0.0584. The summed E-state index contributed by atoms with van der Waals surface area (Å²) in [6, 6.07) is 0.172. The summed E-state index contributed by atoms with van der Waals surface area (Å²) >= 11 is 0. The van der Waals surface area contributed by atoms with Crippen LogP contribution in [-0.2, 0) is 9.53 Å². The van der Waals surface area contributed by atoms with E-state index in [1.165, 1.54) is 0 Å². The number of carbonyl (C=O) groups excluding carboxylic acids is 1. The summed E-state index contributed by atoms with van der Waals surface area (Å²) in [7, 11) is 1.64. The minimum atomic E-state index is 0.0584. The van der Waals surface area contributed by atoms with Crippen LogP contribution < -0.4 is 11.1 Å². The molecular formula is C11H24N2O2. The van der Waals surface area contributed by atoms with Crippen LogP contribution in [0.2, 0.25) is 0 Å². The zero-order valence-electron chi connectivity index (χ0n) is 10.2. The minimum Gasteiger partial charge on any atom is -0.383 e. The highest BCUT2D eigenvalue weighted by atomic mass is 16.5. The van der Waals surface area contributed by atoms with Crippen LogP contribution in [0.25, 0.3) is 0 Å². The quantitative estimate of drug-likeness (QED) is 0.664. The molecule has 0 radical (unpaired) electrons. The van der Waals surface area contributed by atoms with Gasteiger partial charge in [0.1, 0.15) is 0 Å². The van der Waals surface area contributed by atoms with Gasteiger partial charge in [-0.1, -0.05) is 13.8 Å². The van der Waals surface area contributed by atoms with Gasteiger partial charge in [-0.05, 0) is 19.3 Å². The van der Waals surface area contributed by atoms with Crippen LogP contribution in [-0.4, -0.2) is 31.7 Å². The summed E-state index contributed by atoms with van der Waals surface area (Å²) in [4.78, 5) is 11.5. The molecule has 0 heterocycles. The van der Waals surface area contributed by atoms with E-state index in [4.69, 9.17) is 10.5 Å². The summed E-state index contributed by atoms with van der Waals surface area (Å²) in [6.45, 7) is 6.59. The Kier molecular flexibility index (Phi) is 7.34. The first-order valence-corrected chi connectivity index (χ1v) is 5.51. The van der Waals surface area contributed by atoms with Crippen LogP contribution in [0.3, 0.4) is 0 Å². The molecule has 15 heavy (non-hydrogen) atoms. The molecule has 4 nitrogen and oxygen atoms in total. The highest BCUT2D eigenvalue weighted by Gasteiger charge is 2.15. The van der Waals surface area contributed by atoms with E-state index in [1.807, 2.05) is 6.92 Å². The predicted molar refractivity (Wildman–Crippen MR) is 61.5 cm³/mol. The van der Waals surface area contributed by atoms with Gasteiger partial charge in [-0.3, -0.25) is 4.79 Å². The van der Waals surface area contributed by atoms with Gasteiger partial charge >= 0.3 is 0 Å². The van der Waals surface area contributed by atoms with Crippen molar-refractivity contribution in [3.63, 3.8) is 0 Å². The number of hydrogen-bond acceptors (Lipinski definition) is 3. The van der Waals surface area contributed by atoms with Crippen LogP contribution in [0.15, 0.2) is 0 Å². The Balaban J connectivity index is 3.89. The summed E-state index contributed by atoms with van der Waals surface area (Å²) in [5, 5.41) is 2.95. The van der Waals surface area contributed by atoms with Gasteiger partial charge in [0.15, 0.2) is 0 Å². The average molecular weight is 216 g/mol. The van der Waals surface area contributed by atoms with Crippen LogP contribution in [0, 0.1) is 5.92 Å². The van der Waals surface area contributed by atoms with E-state index in [1.54, 1.807) is 7.11 Å². The van der Waals surface area contributed by atoms with Crippen molar-refractivity contribution in [3.8, 4) is 0 Å². The maximum Gasteiger partial charge on any atom is 0.220 e. The van der Waals surface area contributed by atoms with Gasteiger partial charge in [0, 0.05) is 19.6 Å². The predicted octanol–water partition coefficient (Wildman–Crippen LogP) is 0.901. The van der Waals surface area contributed by atoms with E-state index in [9.17, 15) is 4.79 Å². The third-order valence-electron chi connectivity index (χ3n) is 2.32. The van der Waals surface area contributed by atoms with E-state index in [2.05, 4.69) is 19.2 Å². The molecule has 0 spiro atoms. The van der Waals surface area contributed by atoms with Gasteiger partial charge in [-0.2, -0.15) is 0 Å². The molecule has 0 saturated carbocycles. The summed E-state index contributed by atoms with van der Waals surface area (Å²) in [6.07, 6.45) is 1.22. The number of hydrogen-bond donors (Lipinski definition) is 2. The van der Waals surface area contributed by atoms with E-state index >= 15 is 0 Å². The van der Waals surface area contributed by atoms with Gasteiger partial charge < -0.3 is 15.8 Å². The Morgan fingerprint density at radius 1 is 1.40 bits per heavy atom. The fourth-order valence-corrected chi connectivity index (χ4v) is 1.22. The average Bonchev–Trinajstić information content (AvgIpc) is 2.14. The van der Waals surface area contributed by atoms with Gasteiger partial charge in [0.2, 0.25) is 5.91 Å². The second kappa shape index (κ2) is 7.65. The molecule has 0 aromatic carbocycles. The van der Waals surface area contributed by atoms with Crippen molar-refractivity contribution in [3.05, 3.63) is 0 Å². The lowest BCUT2D eigenvalue weighted by atomic mass is 10.0. The van der Waals surface area contributed by atoms with Gasteiger partial charge in [-0.15, -0.1) is 0 Å². The maximum atomic E-state index is 11.5. The Hall–Kier alpha value is -0.610. The molecule has 1 amide bonds. The number of nitrogens with one attached hydrogen (secondary N) is 1. The number of ether oxygens (including phenoxy) is 1. The fourth-order valence-electron chi connectivity index (χ4n) is 1.22. The fraction of sp³-hybridized carbons (Fsp3) is 0.909. The molecule has 2 unspecified atom stereocenters. The Morgan fingerprint density at radius 3 is 2.40 bits per heavy atom. The van der Waals surface area contributed by atoms with Gasteiger partial charge in [-0.25, -0.2) is 0 Å². The zero-order chi connectivity index (χ0) is 11.8. The summed E-state index contributed by atoms with van der Waals surface area (Å²) in [5.41, 5.74) is 5.59. The van der Waals surface area contributed by atoms with Crippen molar-refractivity contribution in [2.45, 2.75) is 45.7 Å². The topological polar surface area (TPSA) is 64.3 Å². The van der Waals surface area contributed by atoms with Crippen LogP contribution >= 0.6 is 0 Å². The van der Waals surface area contributed by atoms with Crippen molar-refractivity contribution in [2.75, 3.05) is 13.7 Å². The zero-order valence-corrected chi connectivity index (χ0v) is 10.2. The first-order chi connectivity index (χ1) is 6.97. The van der Waals surface area contributed by atoms with Crippen molar-refractivity contribution >= 4 is 5.91 Å². The van der Waals surface area contributed by atoms with Crippen molar-refractivity contribution in [1.82, 2.24) is 5.32 Å². The molecule has 0 aliphatic heterocycles. The molecule has 90 valence electrons. The Labute approximate surface area is 92.6 Å². The Bertz CT molecular complexity index is 181. The van der Waals surface area contributed by atoms with Crippen molar-refractivity contribution in [1.29, 1.82) is 0 Å². The van der Waals surface area contributed by atoms with Crippen molar-refractivity contribution < 1.29 is 9.53 Å². The number of carbonyl (C=O) groups is 1. The summed E-state index contributed by atoms with van der Waals surface area (Å²) < 4.78 is 5.05. The molecule has 0 bridgehead atoms. The Morgan fingerprint density at radius 2 is 2.00 bits per heavy atom. The lowest BCUT2D eigenvalue weighted by molar-refractivity contribution is -0.122. The third kappa shape index (κ3) is 7.33. The largest absolute Gasteiger partial charge is 0.383 e. The molecular weight excluding hydrogens is 192 g/mol. The number of rotatable bonds is 7. The van der Waals surface area contributed by atoms with E-state index in [0.717, 1.165) is 6.42 Å². The maximum absolute atomic E-state index is 11.5. The standard InChI is InChI=1S/C11H24N2O2/c1-8(2)10(7-15-4)13-11(14)6-5-9(3)12/h8-10H,5-7,12H2,1-4H3,(H,13,14). The second-order valence-corrected chi connectivity index (χ2v) is 4.39. The SMILES string of the molecule is COCC(NC(=O)CCC(C)N)C(C)C. The molecule has 0 fully saturated rings. The molecule has 0 aliphatic carbocycles. The third-order valence-corrected chi connectivity index (χ3v) is 2.32. The van der Waals surface area contributed by atoms with E-state index in [0.29, 0.717) is 18.9 Å². The first kappa shape index (κ1) is 14.4. The molecule has 3 N–H and O–H groups in total. The lowest BCUT2D eigenvalue weighted by Gasteiger charge is -2.21. The van der Waals surface area contributed by atoms with Gasteiger partial charge in [0.05, 0.1) is 12.6 Å². The van der Waals surface area contributed by atoms with Crippen LogP contribution in [0.5, 0.6) is 0 Å². The molecule has 0 rings (SSSR count). The molecule has 2 atom stereocenters. The number of methoxy groups -OCH3 is 1. The normalized spacial score (nSPS) is 15.1. The van der Waals surface area contributed by atoms with E-state index < -0.39 is 0 Å². The lowest BCUT2D eigenvalue weighted by Crippen LogP contribution is -2.41. The molecule has 4 heteroatoms. The smallest absolute Gasteiger partial charge is 0.220 e.